The first kappa shape index (κ1) is 15.1. The number of halogens is 1. The van der Waals surface area contributed by atoms with Crippen molar-refractivity contribution in [3.63, 3.8) is 0 Å². The van der Waals surface area contributed by atoms with Crippen LogP contribution in [0.5, 0.6) is 0 Å². The maximum Gasteiger partial charge on any atom is 0.319 e. The minimum Gasteiger partial charge on any atom is -0.346 e. The van der Waals surface area contributed by atoms with Crippen molar-refractivity contribution in [2.45, 2.75) is 20.0 Å². The molecule has 0 aliphatic carbocycles. The number of para-hydroxylation sites is 1. The Balaban J connectivity index is 1.69. The quantitative estimate of drug-likeness (QED) is 0.748. The first-order valence-electron chi connectivity index (χ1n) is 7.54. The van der Waals surface area contributed by atoms with Crippen LogP contribution in [-0.4, -0.2) is 10.6 Å². The Morgan fingerprint density at radius 3 is 2.61 bits per heavy atom. The molecule has 0 atom stereocenters. The number of nitrogens with one attached hydrogen (secondary N) is 2. The number of carbonyl (C=O) groups excluding carboxylic acids is 1. The van der Waals surface area contributed by atoms with Gasteiger partial charge in [-0.15, -0.1) is 0 Å². The number of rotatable bonds is 4. The summed E-state index contributed by atoms with van der Waals surface area (Å²) in [6, 6.07) is 13.7. The third-order valence-corrected chi connectivity index (χ3v) is 3.74. The highest BCUT2D eigenvalue weighted by Gasteiger charge is 2.09. The fourth-order valence-corrected chi connectivity index (χ4v) is 2.56. The molecular formula is C18H18FN3O. The van der Waals surface area contributed by atoms with Gasteiger partial charge in [-0.25, -0.2) is 9.18 Å². The van der Waals surface area contributed by atoms with Crippen LogP contribution < -0.4 is 10.6 Å². The molecule has 118 valence electrons. The van der Waals surface area contributed by atoms with Gasteiger partial charge in [0.15, 0.2) is 0 Å². The van der Waals surface area contributed by atoms with Crippen LogP contribution >= 0.6 is 0 Å². The van der Waals surface area contributed by atoms with Crippen molar-refractivity contribution < 1.29 is 9.18 Å². The third-order valence-electron chi connectivity index (χ3n) is 3.74. The van der Waals surface area contributed by atoms with E-state index in [9.17, 15) is 9.18 Å². The van der Waals surface area contributed by atoms with Crippen molar-refractivity contribution in [3.05, 3.63) is 66.1 Å². The Labute approximate surface area is 133 Å². The summed E-state index contributed by atoms with van der Waals surface area (Å²) >= 11 is 0. The molecule has 0 radical (unpaired) electrons. The minimum absolute atomic E-state index is 0.284. The molecule has 0 unspecified atom stereocenters. The molecule has 0 fully saturated rings. The molecule has 0 spiro atoms. The number of benzene rings is 2. The molecule has 0 saturated heterocycles. The summed E-state index contributed by atoms with van der Waals surface area (Å²) < 4.78 is 14.9. The van der Waals surface area contributed by atoms with Crippen LogP contribution in [0.4, 0.5) is 14.9 Å². The average Bonchev–Trinajstić information content (AvgIpc) is 2.92. The van der Waals surface area contributed by atoms with Gasteiger partial charge in [-0.3, -0.25) is 0 Å². The molecule has 1 heterocycles. The monoisotopic (exact) mass is 311 g/mol. The van der Waals surface area contributed by atoms with Gasteiger partial charge in [0.1, 0.15) is 5.82 Å². The summed E-state index contributed by atoms with van der Waals surface area (Å²) in [4.78, 5) is 12.1. The Morgan fingerprint density at radius 2 is 1.87 bits per heavy atom. The average molecular weight is 311 g/mol. The number of hydrogen-bond donors (Lipinski definition) is 2. The second-order valence-electron chi connectivity index (χ2n) is 5.28. The van der Waals surface area contributed by atoms with Gasteiger partial charge in [0.05, 0.1) is 11.2 Å². The Morgan fingerprint density at radius 1 is 1.13 bits per heavy atom. The van der Waals surface area contributed by atoms with E-state index >= 15 is 0 Å². The van der Waals surface area contributed by atoms with Gasteiger partial charge in [-0.1, -0.05) is 30.3 Å². The van der Waals surface area contributed by atoms with E-state index < -0.39 is 0 Å². The maximum atomic E-state index is 12.9. The lowest BCUT2D eigenvalue weighted by atomic mass is 10.2. The summed E-state index contributed by atoms with van der Waals surface area (Å²) in [5, 5.41) is 6.66. The Kier molecular flexibility index (Phi) is 4.28. The van der Waals surface area contributed by atoms with Gasteiger partial charge in [0, 0.05) is 24.7 Å². The molecular weight excluding hydrogens is 293 g/mol. The Bertz CT molecular complexity index is 824. The number of aryl methyl sites for hydroxylation is 1. The SMILES string of the molecule is CCn1cc(NC(=O)NCc2ccc(F)cc2)c2ccccc21. The standard InChI is InChI=1S/C18H18FN3O/c1-2-22-12-16(15-5-3-4-6-17(15)22)21-18(23)20-11-13-7-9-14(19)10-8-13/h3-10,12H,2,11H2,1H3,(H2,20,21,23). The zero-order valence-electron chi connectivity index (χ0n) is 12.8. The highest BCUT2D eigenvalue weighted by atomic mass is 19.1. The molecule has 0 bridgehead atoms. The van der Waals surface area contributed by atoms with Crippen LogP contribution in [0.15, 0.2) is 54.7 Å². The minimum atomic E-state index is -0.287. The van der Waals surface area contributed by atoms with Crippen molar-refractivity contribution in [2.75, 3.05) is 5.32 Å². The number of fused-ring (bicyclic) bond motifs is 1. The topological polar surface area (TPSA) is 46.1 Å². The van der Waals surface area contributed by atoms with Gasteiger partial charge < -0.3 is 15.2 Å². The number of aromatic nitrogens is 1. The fourth-order valence-electron chi connectivity index (χ4n) is 2.56. The summed E-state index contributed by atoms with van der Waals surface area (Å²) in [6.45, 7) is 3.24. The molecule has 5 heteroatoms. The van der Waals surface area contributed by atoms with Crippen LogP contribution in [0.3, 0.4) is 0 Å². The zero-order valence-corrected chi connectivity index (χ0v) is 12.8. The van der Waals surface area contributed by atoms with Crippen molar-refractivity contribution in [3.8, 4) is 0 Å². The van der Waals surface area contributed by atoms with Crippen LogP contribution in [0.1, 0.15) is 12.5 Å². The predicted octanol–water partition coefficient (Wildman–Crippen LogP) is 4.12. The largest absolute Gasteiger partial charge is 0.346 e. The molecule has 4 nitrogen and oxygen atoms in total. The molecule has 0 aliphatic rings. The molecule has 2 amide bonds. The van der Waals surface area contributed by atoms with Gasteiger partial charge >= 0.3 is 6.03 Å². The van der Waals surface area contributed by atoms with Gasteiger partial charge in [0.2, 0.25) is 0 Å². The fraction of sp³-hybridized carbons (Fsp3) is 0.167. The smallest absolute Gasteiger partial charge is 0.319 e. The lowest BCUT2D eigenvalue weighted by molar-refractivity contribution is 0.252. The molecule has 0 saturated carbocycles. The second-order valence-corrected chi connectivity index (χ2v) is 5.28. The number of nitrogens with zero attached hydrogens (tertiary/aromatic N) is 1. The van der Waals surface area contributed by atoms with Gasteiger partial charge in [-0.2, -0.15) is 0 Å². The molecule has 2 N–H and O–H groups in total. The van der Waals surface area contributed by atoms with Crippen molar-refractivity contribution >= 4 is 22.6 Å². The highest BCUT2D eigenvalue weighted by Crippen LogP contribution is 2.25. The molecule has 3 rings (SSSR count). The highest BCUT2D eigenvalue weighted by molar-refractivity contribution is 6.01. The summed E-state index contributed by atoms with van der Waals surface area (Å²) in [5.74, 6) is -0.287. The number of hydrogen-bond acceptors (Lipinski definition) is 1. The van der Waals surface area contributed by atoms with E-state index in [1.54, 1.807) is 12.1 Å². The van der Waals surface area contributed by atoms with E-state index in [1.807, 2.05) is 30.5 Å². The molecule has 2 aromatic carbocycles. The van der Waals surface area contributed by atoms with Crippen molar-refractivity contribution in [2.24, 2.45) is 0 Å². The molecule has 23 heavy (non-hydrogen) atoms. The zero-order chi connectivity index (χ0) is 16.2. The van der Waals surface area contributed by atoms with E-state index in [1.165, 1.54) is 12.1 Å². The maximum absolute atomic E-state index is 12.9. The predicted molar refractivity (Wildman–Crippen MR) is 89.9 cm³/mol. The third kappa shape index (κ3) is 3.34. The van der Waals surface area contributed by atoms with Crippen LogP contribution in [-0.2, 0) is 13.1 Å². The van der Waals surface area contributed by atoms with Crippen molar-refractivity contribution in [1.29, 1.82) is 0 Å². The molecule has 0 aliphatic heterocycles. The van der Waals surface area contributed by atoms with E-state index in [4.69, 9.17) is 0 Å². The number of carbonyl (C=O) groups is 1. The van der Waals surface area contributed by atoms with Crippen LogP contribution in [0.25, 0.3) is 10.9 Å². The number of amides is 2. The summed E-state index contributed by atoms with van der Waals surface area (Å²) in [5.41, 5.74) is 2.71. The summed E-state index contributed by atoms with van der Waals surface area (Å²) in [7, 11) is 0. The Hall–Kier alpha value is -2.82. The van der Waals surface area contributed by atoms with Gasteiger partial charge in [-0.05, 0) is 30.7 Å². The lowest BCUT2D eigenvalue weighted by Crippen LogP contribution is -2.28. The number of anilines is 1. The summed E-state index contributed by atoms with van der Waals surface area (Å²) in [6.07, 6.45) is 1.93. The van der Waals surface area contributed by atoms with E-state index in [2.05, 4.69) is 22.1 Å². The lowest BCUT2D eigenvalue weighted by Gasteiger charge is -2.07. The van der Waals surface area contributed by atoms with Crippen LogP contribution in [0, 0.1) is 5.82 Å². The normalized spacial score (nSPS) is 10.7. The first-order chi connectivity index (χ1) is 11.2. The second kappa shape index (κ2) is 6.52. The first-order valence-corrected chi connectivity index (χ1v) is 7.54. The molecule has 3 aromatic rings. The van der Waals surface area contributed by atoms with Crippen molar-refractivity contribution in [1.82, 2.24) is 9.88 Å². The van der Waals surface area contributed by atoms with E-state index in [0.29, 0.717) is 6.54 Å². The number of urea groups is 1. The van der Waals surface area contributed by atoms with Crippen LogP contribution in [0.2, 0.25) is 0 Å². The van der Waals surface area contributed by atoms with Gasteiger partial charge in [0.25, 0.3) is 0 Å². The molecule has 1 aromatic heterocycles. The van der Waals surface area contributed by atoms with E-state index in [-0.39, 0.29) is 11.8 Å². The van der Waals surface area contributed by atoms with E-state index in [0.717, 1.165) is 28.7 Å².